The van der Waals surface area contributed by atoms with Crippen molar-refractivity contribution < 1.29 is 19.0 Å². The van der Waals surface area contributed by atoms with E-state index >= 15 is 0 Å². The molecule has 0 unspecified atom stereocenters. The monoisotopic (exact) mass is 258 g/mol. The van der Waals surface area contributed by atoms with E-state index in [9.17, 15) is 4.79 Å². The van der Waals surface area contributed by atoms with E-state index in [4.69, 9.17) is 14.2 Å². The summed E-state index contributed by atoms with van der Waals surface area (Å²) < 4.78 is 16.0. The molecule has 0 radical (unpaired) electrons. The fraction of sp³-hybridized carbons (Fsp3) is 0.267. The lowest BCUT2D eigenvalue weighted by molar-refractivity contribution is -0.140. The van der Waals surface area contributed by atoms with Crippen molar-refractivity contribution in [2.75, 3.05) is 13.2 Å². The molecule has 1 aromatic carbocycles. The number of esters is 1. The highest BCUT2D eigenvalue weighted by Gasteiger charge is 2.42. The molecule has 2 heterocycles. The Morgan fingerprint density at radius 2 is 2.05 bits per heavy atom. The van der Waals surface area contributed by atoms with Crippen molar-refractivity contribution in [2.45, 2.75) is 11.8 Å². The van der Waals surface area contributed by atoms with Crippen LogP contribution >= 0.6 is 0 Å². The minimum absolute atomic E-state index is 0.288. The van der Waals surface area contributed by atoms with E-state index in [1.165, 1.54) is 6.26 Å². The van der Waals surface area contributed by atoms with Crippen molar-refractivity contribution in [3.05, 3.63) is 48.8 Å². The summed E-state index contributed by atoms with van der Waals surface area (Å²) in [6.07, 6.45) is 5.40. The van der Waals surface area contributed by atoms with Crippen LogP contribution in [0.2, 0.25) is 0 Å². The molecule has 0 amide bonds. The van der Waals surface area contributed by atoms with Gasteiger partial charge in [-0.3, -0.25) is 4.79 Å². The zero-order valence-corrected chi connectivity index (χ0v) is 10.4. The third-order valence-electron chi connectivity index (χ3n) is 3.42. The van der Waals surface area contributed by atoms with E-state index in [1.54, 1.807) is 12.2 Å². The average molecular weight is 258 g/mol. The molecule has 2 aliphatic rings. The van der Waals surface area contributed by atoms with E-state index in [2.05, 4.69) is 6.58 Å². The molecule has 0 saturated heterocycles. The Balaban J connectivity index is 2.06. The molecule has 0 aliphatic carbocycles. The molecule has 0 aromatic heterocycles. The van der Waals surface area contributed by atoms with E-state index in [0.29, 0.717) is 31.1 Å². The number of ether oxygens (including phenoxy) is 3. The first-order valence-corrected chi connectivity index (χ1v) is 6.16. The van der Waals surface area contributed by atoms with Gasteiger partial charge in [0.25, 0.3) is 0 Å². The maximum atomic E-state index is 12.1. The number of allylic oxidation sites excluding steroid dienone is 1. The SMILES string of the molecule is C=CC[C@]1(c2ccc3c(c2)OCCO3)C=COC1=O. The highest BCUT2D eigenvalue weighted by atomic mass is 16.6. The van der Waals surface area contributed by atoms with Crippen LogP contribution in [0.25, 0.3) is 0 Å². The molecular weight excluding hydrogens is 244 g/mol. The van der Waals surface area contributed by atoms with Crippen LogP contribution in [-0.2, 0) is 14.9 Å². The Morgan fingerprint density at radius 1 is 1.26 bits per heavy atom. The molecule has 0 bridgehead atoms. The van der Waals surface area contributed by atoms with Gasteiger partial charge in [-0.05, 0) is 30.2 Å². The zero-order chi connectivity index (χ0) is 13.3. The lowest BCUT2D eigenvalue weighted by Gasteiger charge is -2.25. The Morgan fingerprint density at radius 3 is 2.74 bits per heavy atom. The summed E-state index contributed by atoms with van der Waals surface area (Å²) in [5.74, 6) is 1.09. The van der Waals surface area contributed by atoms with Gasteiger partial charge >= 0.3 is 5.97 Å². The number of hydrogen-bond acceptors (Lipinski definition) is 4. The van der Waals surface area contributed by atoms with Crippen molar-refractivity contribution in [1.29, 1.82) is 0 Å². The highest BCUT2D eigenvalue weighted by Crippen LogP contribution is 2.40. The van der Waals surface area contributed by atoms with E-state index in [-0.39, 0.29) is 5.97 Å². The van der Waals surface area contributed by atoms with Crippen LogP contribution in [0.4, 0.5) is 0 Å². The zero-order valence-electron chi connectivity index (χ0n) is 10.4. The molecular formula is C15H14O4. The molecule has 1 aromatic rings. The van der Waals surface area contributed by atoms with Crippen LogP contribution in [0.5, 0.6) is 11.5 Å². The Bertz CT molecular complexity index is 561. The summed E-state index contributed by atoms with van der Waals surface area (Å²) in [6, 6.07) is 5.54. The molecule has 0 fully saturated rings. The number of cyclic esters (lactones) is 1. The Labute approximate surface area is 111 Å². The van der Waals surface area contributed by atoms with E-state index in [1.807, 2.05) is 18.2 Å². The summed E-state index contributed by atoms with van der Waals surface area (Å²) in [7, 11) is 0. The van der Waals surface area contributed by atoms with Crippen LogP contribution in [0, 0.1) is 0 Å². The summed E-state index contributed by atoms with van der Waals surface area (Å²) >= 11 is 0. The second kappa shape index (κ2) is 4.46. The fourth-order valence-corrected chi connectivity index (χ4v) is 2.42. The van der Waals surface area contributed by atoms with Crippen LogP contribution < -0.4 is 9.47 Å². The van der Waals surface area contributed by atoms with Crippen LogP contribution in [0.3, 0.4) is 0 Å². The van der Waals surface area contributed by atoms with Gasteiger partial charge < -0.3 is 14.2 Å². The first-order chi connectivity index (χ1) is 9.26. The standard InChI is InChI=1S/C15H14O4/c1-2-5-15(6-7-19-14(15)16)11-3-4-12-13(10-11)18-9-8-17-12/h2-4,6-7,10H,1,5,8-9H2/t15-/m1/s1. The largest absolute Gasteiger partial charge is 0.486 e. The third kappa shape index (κ3) is 1.80. The van der Waals surface area contributed by atoms with Crippen molar-refractivity contribution in [3.63, 3.8) is 0 Å². The second-order valence-corrected chi connectivity index (χ2v) is 4.53. The average Bonchev–Trinajstić information content (AvgIpc) is 2.81. The first-order valence-electron chi connectivity index (χ1n) is 6.16. The lowest BCUT2D eigenvalue weighted by Crippen LogP contribution is -2.31. The number of carbonyl (C=O) groups excluding carboxylic acids is 1. The molecule has 4 nitrogen and oxygen atoms in total. The summed E-state index contributed by atoms with van der Waals surface area (Å²) in [5, 5.41) is 0. The number of benzene rings is 1. The lowest BCUT2D eigenvalue weighted by atomic mass is 9.78. The molecule has 3 rings (SSSR count). The number of rotatable bonds is 3. The smallest absolute Gasteiger partial charge is 0.325 e. The minimum atomic E-state index is -0.794. The van der Waals surface area contributed by atoms with Crippen molar-refractivity contribution in [1.82, 2.24) is 0 Å². The van der Waals surface area contributed by atoms with Gasteiger partial charge in [-0.25, -0.2) is 0 Å². The molecule has 19 heavy (non-hydrogen) atoms. The maximum Gasteiger partial charge on any atom is 0.325 e. The third-order valence-corrected chi connectivity index (χ3v) is 3.42. The highest BCUT2D eigenvalue weighted by molar-refractivity contribution is 5.89. The summed E-state index contributed by atoms with van der Waals surface area (Å²) in [5.41, 5.74) is 0.0350. The maximum absolute atomic E-state index is 12.1. The normalized spacial score (nSPS) is 24.1. The number of carbonyl (C=O) groups is 1. The van der Waals surface area contributed by atoms with Gasteiger partial charge in [0.1, 0.15) is 18.6 Å². The summed E-state index contributed by atoms with van der Waals surface area (Å²) in [6.45, 7) is 4.79. The van der Waals surface area contributed by atoms with Crippen LogP contribution in [0.15, 0.2) is 43.2 Å². The molecule has 0 saturated carbocycles. The first kappa shape index (κ1) is 11.8. The van der Waals surface area contributed by atoms with Crippen molar-refractivity contribution in [3.8, 4) is 11.5 Å². The quantitative estimate of drug-likeness (QED) is 0.616. The van der Waals surface area contributed by atoms with Gasteiger partial charge in [0, 0.05) is 0 Å². The topological polar surface area (TPSA) is 44.8 Å². The predicted molar refractivity (Wildman–Crippen MR) is 69.2 cm³/mol. The number of fused-ring (bicyclic) bond motifs is 1. The summed E-state index contributed by atoms with van der Waals surface area (Å²) in [4.78, 5) is 12.1. The Kier molecular flexibility index (Phi) is 2.78. The van der Waals surface area contributed by atoms with Gasteiger partial charge in [0.2, 0.25) is 0 Å². The van der Waals surface area contributed by atoms with Crippen LogP contribution in [-0.4, -0.2) is 19.2 Å². The minimum Gasteiger partial charge on any atom is -0.486 e. The molecule has 2 aliphatic heterocycles. The van der Waals surface area contributed by atoms with Crippen molar-refractivity contribution in [2.24, 2.45) is 0 Å². The van der Waals surface area contributed by atoms with E-state index in [0.717, 1.165) is 5.56 Å². The Hall–Kier alpha value is -2.23. The molecule has 0 N–H and O–H groups in total. The predicted octanol–water partition coefficient (Wildman–Crippen LogP) is 2.34. The van der Waals surface area contributed by atoms with Gasteiger partial charge in [-0.15, -0.1) is 6.58 Å². The molecule has 98 valence electrons. The number of hydrogen-bond donors (Lipinski definition) is 0. The molecule has 4 heteroatoms. The van der Waals surface area contributed by atoms with Gasteiger partial charge in [-0.1, -0.05) is 12.1 Å². The van der Waals surface area contributed by atoms with Gasteiger partial charge in [0.15, 0.2) is 11.5 Å². The van der Waals surface area contributed by atoms with Gasteiger partial charge in [0.05, 0.1) is 6.26 Å². The second-order valence-electron chi connectivity index (χ2n) is 4.53. The van der Waals surface area contributed by atoms with Gasteiger partial charge in [-0.2, -0.15) is 0 Å². The van der Waals surface area contributed by atoms with Crippen molar-refractivity contribution >= 4 is 5.97 Å². The molecule has 1 atom stereocenters. The fourth-order valence-electron chi connectivity index (χ4n) is 2.42. The van der Waals surface area contributed by atoms with Crippen LogP contribution in [0.1, 0.15) is 12.0 Å². The molecule has 0 spiro atoms. The van der Waals surface area contributed by atoms with E-state index < -0.39 is 5.41 Å².